The van der Waals surface area contributed by atoms with Crippen LogP contribution in [0.3, 0.4) is 0 Å². The van der Waals surface area contributed by atoms with E-state index in [4.69, 9.17) is 0 Å². The van der Waals surface area contributed by atoms with Crippen molar-refractivity contribution in [2.24, 2.45) is 0 Å². The predicted octanol–water partition coefficient (Wildman–Crippen LogP) is 2.27. The Hall–Kier alpha value is -1.97. The molecule has 1 heterocycles. The number of hydrogen-bond acceptors (Lipinski definition) is 3. The highest BCUT2D eigenvalue weighted by atomic mass is 19.1. The first-order chi connectivity index (χ1) is 7.86. The zero-order valence-corrected chi connectivity index (χ0v) is 8.73. The van der Waals surface area contributed by atoms with Gasteiger partial charge in [-0.1, -0.05) is 30.3 Å². The monoisotopic (exact) mass is 217 g/mol. The maximum absolute atomic E-state index is 13.1. The Labute approximate surface area is 93.4 Å². The molecule has 0 saturated carbocycles. The average molecular weight is 217 g/mol. The number of halogens is 1. The van der Waals surface area contributed by atoms with Gasteiger partial charge in [-0.05, 0) is 12.0 Å². The van der Waals surface area contributed by atoms with E-state index in [0.717, 1.165) is 12.6 Å². The number of nitrogens with one attached hydrogen (secondary N) is 1. The summed E-state index contributed by atoms with van der Waals surface area (Å²) in [7, 11) is 0. The number of anilines is 1. The molecule has 0 bridgehead atoms. The summed E-state index contributed by atoms with van der Waals surface area (Å²) >= 11 is 0. The van der Waals surface area contributed by atoms with Crippen LogP contribution in [0.2, 0.25) is 0 Å². The van der Waals surface area contributed by atoms with Crippen LogP contribution in [0, 0.1) is 5.82 Å². The molecular formula is C12H12FN3. The Kier molecular flexibility index (Phi) is 3.43. The molecule has 1 N–H and O–H groups in total. The number of hydrogen-bond donors (Lipinski definition) is 1. The van der Waals surface area contributed by atoms with Gasteiger partial charge in [0, 0.05) is 6.54 Å². The SMILES string of the molecule is Fc1cncnc1NCCc1ccccc1. The van der Waals surface area contributed by atoms with Gasteiger partial charge in [0.2, 0.25) is 0 Å². The molecule has 0 amide bonds. The van der Waals surface area contributed by atoms with Crippen LogP contribution in [0.25, 0.3) is 0 Å². The fourth-order valence-electron chi connectivity index (χ4n) is 1.41. The number of nitrogens with zero attached hydrogens (tertiary/aromatic N) is 2. The molecule has 4 heteroatoms. The van der Waals surface area contributed by atoms with E-state index >= 15 is 0 Å². The molecule has 2 rings (SSSR count). The van der Waals surface area contributed by atoms with Crippen LogP contribution in [-0.2, 0) is 6.42 Å². The largest absolute Gasteiger partial charge is 0.367 e. The van der Waals surface area contributed by atoms with Gasteiger partial charge in [0.25, 0.3) is 0 Å². The minimum absolute atomic E-state index is 0.255. The van der Waals surface area contributed by atoms with Crippen LogP contribution in [0.15, 0.2) is 42.9 Å². The number of aromatic nitrogens is 2. The van der Waals surface area contributed by atoms with Crippen LogP contribution in [0.5, 0.6) is 0 Å². The summed E-state index contributed by atoms with van der Waals surface area (Å²) in [5.41, 5.74) is 1.21. The second kappa shape index (κ2) is 5.21. The van der Waals surface area contributed by atoms with Gasteiger partial charge in [-0.25, -0.2) is 14.4 Å². The van der Waals surface area contributed by atoms with E-state index in [0.29, 0.717) is 6.54 Å². The Morgan fingerprint density at radius 2 is 2.00 bits per heavy atom. The van der Waals surface area contributed by atoms with E-state index in [9.17, 15) is 4.39 Å². The van der Waals surface area contributed by atoms with Gasteiger partial charge in [0.15, 0.2) is 11.6 Å². The summed E-state index contributed by atoms with van der Waals surface area (Å²) in [6.07, 6.45) is 3.32. The van der Waals surface area contributed by atoms with Crippen molar-refractivity contribution in [2.75, 3.05) is 11.9 Å². The molecule has 0 aliphatic heterocycles. The molecule has 1 aromatic carbocycles. The highest BCUT2D eigenvalue weighted by molar-refractivity contribution is 5.34. The maximum atomic E-state index is 13.1. The molecule has 3 nitrogen and oxygen atoms in total. The molecule has 0 spiro atoms. The zero-order chi connectivity index (χ0) is 11.2. The van der Waals surface area contributed by atoms with Crippen molar-refractivity contribution in [1.82, 2.24) is 9.97 Å². The zero-order valence-electron chi connectivity index (χ0n) is 8.73. The average Bonchev–Trinajstić information content (AvgIpc) is 2.33. The predicted molar refractivity (Wildman–Crippen MR) is 60.6 cm³/mol. The normalized spacial score (nSPS) is 10.1. The molecule has 2 aromatic rings. The van der Waals surface area contributed by atoms with Gasteiger partial charge in [0.1, 0.15) is 6.33 Å². The highest BCUT2D eigenvalue weighted by Gasteiger charge is 2.01. The lowest BCUT2D eigenvalue weighted by atomic mass is 10.1. The van der Waals surface area contributed by atoms with E-state index in [2.05, 4.69) is 15.3 Å². The van der Waals surface area contributed by atoms with E-state index < -0.39 is 5.82 Å². The van der Waals surface area contributed by atoms with Crippen LogP contribution in [0.1, 0.15) is 5.56 Å². The van der Waals surface area contributed by atoms with Crippen molar-refractivity contribution < 1.29 is 4.39 Å². The van der Waals surface area contributed by atoms with Crippen molar-refractivity contribution in [3.05, 3.63) is 54.2 Å². The van der Waals surface area contributed by atoms with Crippen LogP contribution >= 0.6 is 0 Å². The number of benzene rings is 1. The third kappa shape index (κ3) is 2.76. The molecule has 1 aromatic heterocycles. The topological polar surface area (TPSA) is 37.8 Å². The summed E-state index contributed by atoms with van der Waals surface area (Å²) in [5.74, 6) is -0.165. The van der Waals surface area contributed by atoms with Crippen molar-refractivity contribution >= 4 is 5.82 Å². The molecule has 0 fully saturated rings. The minimum Gasteiger partial charge on any atom is -0.367 e. The summed E-state index contributed by atoms with van der Waals surface area (Å²) in [6, 6.07) is 10.0. The van der Waals surface area contributed by atoms with Gasteiger partial charge in [-0.15, -0.1) is 0 Å². The third-order valence-electron chi connectivity index (χ3n) is 2.22. The standard InChI is InChI=1S/C12H12FN3/c13-11-8-14-9-16-12(11)15-7-6-10-4-2-1-3-5-10/h1-5,8-9H,6-7H2,(H,14,15,16). The van der Waals surface area contributed by atoms with Gasteiger partial charge in [-0.3, -0.25) is 0 Å². The summed E-state index contributed by atoms with van der Waals surface area (Å²) in [4.78, 5) is 7.40. The fraction of sp³-hybridized carbons (Fsp3) is 0.167. The van der Waals surface area contributed by atoms with E-state index in [1.54, 1.807) is 0 Å². The van der Waals surface area contributed by atoms with Gasteiger partial charge in [0.05, 0.1) is 6.20 Å². The third-order valence-corrected chi connectivity index (χ3v) is 2.22. The molecule has 0 aliphatic rings. The quantitative estimate of drug-likeness (QED) is 0.853. The summed E-state index contributed by atoms with van der Waals surface area (Å²) < 4.78 is 13.1. The van der Waals surface area contributed by atoms with Crippen molar-refractivity contribution in [3.8, 4) is 0 Å². The highest BCUT2D eigenvalue weighted by Crippen LogP contribution is 2.07. The van der Waals surface area contributed by atoms with E-state index in [-0.39, 0.29) is 5.82 Å². The second-order valence-corrected chi connectivity index (χ2v) is 3.38. The van der Waals surface area contributed by atoms with Crippen LogP contribution < -0.4 is 5.32 Å². The molecule has 16 heavy (non-hydrogen) atoms. The minimum atomic E-state index is -0.421. The molecular weight excluding hydrogens is 205 g/mol. The molecule has 0 aliphatic carbocycles. The van der Waals surface area contributed by atoms with Crippen LogP contribution in [-0.4, -0.2) is 16.5 Å². The molecule has 82 valence electrons. The first-order valence-electron chi connectivity index (χ1n) is 5.09. The first-order valence-corrected chi connectivity index (χ1v) is 5.09. The van der Waals surface area contributed by atoms with Crippen molar-refractivity contribution in [2.45, 2.75) is 6.42 Å². The molecule has 0 unspecified atom stereocenters. The lowest BCUT2D eigenvalue weighted by Gasteiger charge is -2.05. The Morgan fingerprint density at radius 3 is 2.75 bits per heavy atom. The first kappa shape index (κ1) is 10.5. The number of rotatable bonds is 4. The van der Waals surface area contributed by atoms with Crippen LogP contribution in [0.4, 0.5) is 10.2 Å². The molecule has 0 saturated heterocycles. The smallest absolute Gasteiger partial charge is 0.183 e. The second-order valence-electron chi connectivity index (χ2n) is 3.38. The summed E-state index contributed by atoms with van der Waals surface area (Å²) in [6.45, 7) is 0.651. The van der Waals surface area contributed by atoms with Crippen molar-refractivity contribution in [1.29, 1.82) is 0 Å². The van der Waals surface area contributed by atoms with Gasteiger partial charge >= 0.3 is 0 Å². The van der Waals surface area contributed by atoms with Gasteiger partial charge in [-0.2, -0.15) is 0 Å². The lowest BCUT2D eigenvalue weighted by Crippen LogP contribution is -2.08. The Morgan fingerprint density at radius 1 is 1.19 bits per heavy atom. The fourth-order valence-corrected chi connectivity index (χ4v) is 1.41. The van der Waals surface area contributed by atoms with Crippen molar-refractivity contribution in [3.63, 3.8) is 0 Å². The van der Waals surface area contributed by atoms with E-state index in [1.807, 2.05) is 30.3 Å². The maximum Gasteiger partial charge on any atom is 0.183 e. The van der Waals surface area contributed by atoms with E-state index in [1.165, 1.54) is 11.9 Å². The molecule has 0 radical (unpaired) electrons. The summed E-state index contributed by atoms with van der Waals surface area (Å²) in [5, 5.41) is 2.94. The molecule has 0 atom stereocenters. The Balaban J connectivity index is 1.87. The van der Waals surface area contributed by atoms with Gasteiger partial charge < -0.3 is 5.32 Å². The lowest BCUT2D eigenvalue weighted by molar-refractivity contribution is 0.616. The Bertz CT molecular complexity index is 445.